The predicted octanol–water partition coefficient (Wildman–Crippen LogP) is 3.56. The van der Waals surface area contributed by atoms with E-state index >= 15 is 0 Å². The molecule has 1 fully saturated rings. The molecule has 0 spiro atoms. The first-order valence-corrected chi connectivity index (χ1v) is 12.1. The standard InChI is InChI=1S/C25H32ClN5O3/c1-19(32)24-27-30(25(33)31(24)20(2)34-23-10-4-3-5-11-23)13-7-12-28-14-16-29(17-15-28)22-9-6-8-21(26)18-22/h3-6,8-11,18-20,32H,7,12-17H2,1-2H3. The van der Waals surface area contributed by atoms with Crippen LogP contribution < -0.4 is 15.3 Å². The lowest BCUT2D eigenvalue weighted by atomic mass is 10.2. The van der Waals surface area contributed by atoms with Crippen LogP contribution in [-0.4, -0.2) is 57.1 Å². The highest BCUT2D eigenvalue weighted by molar-refractivity contribution is 6.30. The number of anilines is 1. The smallest absolute Gasteiger partial charge is 0.349 e. The van der Waals surface area contributed by atoms with E-state index in [4.69, 9.17) is 16.3 Å². The minimum Gasteiger partial charge on any atom is -0.470 e. The van der Waals surface area contributed by atoms with Crippen molar-refractivity contribution in [2.45, 2.75) is 39.1 Å². The molecule has 2 atom stereocenters. The van der Waals surface area contributed by atoms with Crippen molar-refractivity contribution in [3.63, 3.8) is 0 Å². The summed E-state index contributed by atoms with van der Waals surface area (Å²) >= 11 is 6.13. The van der Waals surface area contributed by atoms with Gasteiger partial charge in [0.25, 0.3) is 0 Å². The van der Waals surface area contributed by atoms with Gasteiger partial charge < -0.3 is 14.7 Å². The summed E-state index contributed by atoms with van der Waals surface area (Å²) in [4.78, 5) is 17.8. The average molecular weight is 486 g/mol. The average Bonchev–Trinajstić information content (AvgIpc) is 3.17. The van der Waals surface area contributed by atoms with Crippen LogP contribution in [0.25, 0.3) is 0 Å². The van der Waals surface area contributed by atoms with Gasteiger partial charge in [-0.25, -0.2) is 14.0 Å². The maximum absolute atomic E-state index is 13.1. The van der Waals surface area contributed by atoms with Gasteiger partial charge in [-0.05, 0) is 50.6 Å². The van der Waals surface area contributed by atoms with Gasteiger partial charge in [0.2, 0.25) is 0 Å². The fraction of sp³-hybridized carbons (Fsp3) is 0.440. The molecule has 1 aromatic heterocycles. The number of benzene rings is 2. The molecule has 1 aliphatic rings. The van der Waals surface area contributed by atoms with Gasteiger partial charge in [0.05, 0.1) is 0 Å². The van der Waals surface area contributed by atoms with E-state index in [0.29, 0.717) is 18.1 Å². The molecule has 3 aromatic rings. The third-order valence-corrected chi connectivity index (χ3v) is 6.31. The number of hydrogen-bond acceptors (Lipinski definition) is 6. The van der Waals surface area contributed by atoms with Crippen LogP contribution in [-0.2, 0) is 6.54 Å². The van der Waals surface area contributed by atoms with Crippen molar-refractivity contribution >= 4 is 17.3 Å². The number of aliphatic hydroxyl groups excluding tert-OH is 1. The molecule has 0 bridgehead atoms. The number of aromatic nitrogens is 3. The molecule has 0 amide bonds. The van der Waals surface area contributed by atoms with Crippen LogP contribution in [0.15, 0.2) is 59.4 Å². The Labute approximate surface area is 204 Å². The normalized spacial score (nSPS) is 16.4. The number of halogens is 1. The van der Waals surface area contributed by atoms with Gasteiger partial charge in [0.15, 0.2) is 12.1 Å². The van der Waals surface area contributed by atoms with E-state index in [1.54, 1.807) is 13.8 Å². The Bertz CT molecular complexity index is 1120. The highest BCUT2D eigenvalue weighted by Crippen LogP contribution is 2.21. The van der Waals surface area contributed by atoms with Crippen molar-refractivity contribution in [2.24, 2.45) is 0 Å². The van der Waals surface area contributed by atoms with Crippen LogP contribution in [0.4, 0.5) is 5.69 Å². The Kier molecular flexibility index (Phi) is 7.92. The zero-order valence-electron chi connectivity index (χ0n) is 19.7. The highest BCUT2D eigenvalue weighted by atomic mass is 35.5. The van der Waals surface area contributed by atoms with Crippen LogP contribution in [0.5, 0.6) is 5.75 Å². The number of hydrogen-bond donors (Lipinski definition) is 1. The fourth-order valence-corrected chi connectivity index (χ4v) is 4.49. The number of ether oxygens (including phenoxy) is 1. The maximum atomic E-state index is 13.1. The molecule has 1 aliphatic heterocycles. The van der Waals surface area contributed by atoms with Gasteiger partial charge >= 0.3 is 5.69 Å². The van der Waals surface area contributed by atoms with Crippen molar-refractivity contribution in [1.82, 2.24) is 19.2 Å². The summed E-state index contributed by atoms with van der Waals surface area (Å²) < 4.78 is 8.79. The Hall–Kier alpha value is -2.81. The fourth-order valence-electron chi connectivity index (χ4n) is 4.30. The summed E-state index contributed by atoms with van der Waals surface area (Å²) in [6, 6.07) is 17.3. The largest absolute Gasteiger partial charge is 0.470 e. The molecule has 2 unspecified atom stereocenters. The summed E-state index contributed by atoms with van der Waals surface area (Å²) in [6.07, 6.45) is -0.676. The van der Waals surface area contributed by atoms with E-state index in [2.05, 4.69) is 21.0 Å². The van der Waals surface area contributed by atoms with Crippen LogP contribution >= 0.6 is 11.6 Å². The molecular weight excluding hydrogens is 454 g/mol. The maximum Gasteiger partial charge on any atom is 0.349 e. The van der Waals surface area contributed by atoms with Gasteiger partial charge in [-0.3, -0.25) is 4.90 Å². The van der Waals surface area contributed by atoms with E-state index < -0.39 is 12.3 Å². The van der Waals surface area contributed by atoms with Gasteiger partial charge in [0.1, 0.15) is 11.9 Å². The molecule has 4 rings (SSSR count). The number of aryl methyl sites for hydroxylation is 1. The monoisotopic (exact) mass is 485 g/mol. The highest BCUT2D eigenvalue weighted by Gasteiger charge is 2.23. The number of nitrogens with zero attached hydrogens (tertiary/aromatic N) is 5. The van der Waals surface area contributed by atoms with E-state index in [0.717, 1.165) is 49.9 Å². The number of rotatable bonds is 9. The van der Waals surface area contributed by atoms with Gasteiger partial charge in [0, 0.05) is 50.0 Å². The second kappa shape index (κ2) is 11.1. The molecular formula is C25H32ClN5O3. The minimum atomic E-state index is -0.879. The third kappa shape index (κ3) is 5.81. The van der Waals surface area contributed by atoms with E-state index in [-0.39, 0.29) is 5.69 Å². The van der Waals surface area contributed by atoms with Crippen LogP contribution in [0.1, 0.15) is 38.4 Å². The molecule has 8 nitrogen and oxygen atoms in total. The molecule has 0 radical (unpaired) electrons. The van der Waals surface area contributed by atoms with E-state index in [9.17, 15) is 9.90 Å². The molecule has 34 heavy (non-hydrogen) atoms. The summed E-state index contributed by atoms with van der Waals surface area (Å²) in [5, 5.41) is 15.4. The Morgan fingerprint density at radius 3 is 2.44 bits per heavy atom. The van der Waals surface area contributed by atoms with Crippen molar-refractivity contribution in [2.75, 3.05) is 37.6 Å². The van der Waals surface area contributed by atoms with Gasteiger partial charge in [-0.1, -0.05) is 35.9 Å². The van der Waals surface area contributed by atoms with Crippen molar-refractivity contribution in [3.05, 3.63) is 75.9 Å². The quantitative estimate of drug-likeness (QED) is 0.499. The number of aliphatic hydroxyl groups is 1. The number of para-hydroxylation sites is 1. The van der Waals surface area contributed by atoms with Crippen molar-refractivity contribution in [1.29, 1.82) is 0 Å². The molecule has 182 valence electrons. The minimum absolute atomic E-state index is 0.273. The zero-order chi connectivity index (χ0) is 24.1. The first-order valence-electron chi connectivity index (χ1n) is 11.7. The molecule has 0 saturated carbocycles. The first kappa shape index (κ1) is 24.3. The second-order valence-electron chi connectivity index (χ2n) is 8.60. The predicted molar refractivity (Wildman–Crippen MR) is 134 cm³/mol. The third-order valence-electron chi connectivity index (χ3n) is 6.07. The molecule has 0 aliphatic carbocycles. The van der Waals surface area contributed by atoms with Crippen LogP contribution in [0, 0.1) is 0 Å². The molecule has 9 heteroatoms. The lowest BCUT2D eigenvalue weighted by Gasteiger charge is -2.36. The van der Waals surface area contributed by atoms with Gasteiger partial charge in [-0.15, -0.1) is 0 Å². The molecule has 2 aromatic carbocycles. The summed E-state index contributed by atoms with van der Waals surface area (Å²) in [5.74, 6) is 0.965. The Morgan fingerprint density at radius 2 is 1.76 bits per heavy atom. The zero-order valence-corrected chi connectivity index (χ0v) is 20.4. The topological polar surface area (TPSA) is 75.8 Å². The SMILES string of the molecule is CC(O)c1nn(CCCN2CCN(c3cccc(Cl)c3)CC2)c(=O)n1C(C)Oc1ccccc1. The second-order valence-corrected chi connectivity index (χ2v) is 9.04. The van der Waals surface area contributed by atoms with Crippen LogP contribution in [0.3, 0.4) is 0 Å². The first-order chi connectivity index (χ1) is 16.4. The lowest BCUT2D eigenvalue weighted by molar-refractivity contribution is 0.121. The van der Waals surface area contributed by atoms with Crippen molar-refractivity contribution < 1.29 is 9.84 Å². The summed E-state index contributed by atoms with van der Waals surface area (Å²) in [5.41, 5.74) is 0.881. The van der Waals surface area contributed by atoms with E-state index in [1.165, 1.54) is 9.25 Å². The summed E-state index contributed by atoms with van der Waals surface area (Å²) in [6.45, 7) is 8.54. The Balaban J connectivity index is 1.33. The molecule has 1 N–H and O–H groups in total. The number of piperazine rings is 1. The Morgan fingerprint density at radius 1 is 1.03 bits per heavy atom. The molecule has 1 saturated heterocycles. The molecule has 2 heterocycles. The van der Waals surface area contributed by atoms with Crippen molar-refractivity contribution in [3.8, 4) is 5.75 Å². The summed E-state index contributed by atoms with van der Waals surface area (Å²) in [7, 11) is 0. The van der Waals surface area contributed by atoms with Gasteiger partial charge in [-0.2, -0.15) is 5.10 Å². The van der Waals surface area contributed by atoms with Crippen LogP contribution in [0.2, 0.25) is 5.02 Å². The van der Waals surface area contributed by atoms with E-state index in [1.807, 2.05) is 48.5 Å². The lowest BCUT2D eigenvalue weighted by Crippen LogP contribution is -2.46.